The fraction of sp³-hybridized carbons (Fsp3) is 0.125. The topological polar surface area (TPSA) is 74.8 Å². The molecule has 0 fully saturated rings. The van der Waals surface area contributed by atoms with Crippen LogP contribution in [0.5, 0.6) is 0 Å². The monoisotopic (exact) mass is 371 g/mol. The second kappa shape index (κ2) is 6.70. The average molecular weight is 372 g/mol. The van der Waals surface area contributed by atoms with Crippen LogP contribution >= 0.6 is 15.9 Å². The second-order valence-corrected chi connectivity index (χ2v) is 5.92. The van der Waals surface area contributed by atoms with Crippen molar-refractivity contribution in [1.29, 1.82) is 0 Å². The number of halogens is 1. The molecular formula is C16H14BrN5O. The molecule has 1 N–H and O–H groups in total. The zero-order valence-corrected chi connectivity index (χ0v) is 14.0. The minimum atomic E-state index is -0.0413. The third-order valence-corrected chi connectivity index (χ3v) is 4.22. The lowest BCUT2D eigenvalue weighted by molar-refractivity contribution is 0.0785. The lowest BCUT2D eigenvalue weighted by atomic mass is 10.1. The summed E-state index contributed by atoms with van der Waals surface area (Å²) in [7, 11) is 1.79. The number of carbonyl (C=O) groups is 1. The number of tetrazole rings is 1. The van der Waals surface area contributed by atoms with Gasteiger partial charge >= 0.3 is 0 Å². The molecule has 0 aliphatic heterocycles. The quantitative estimate of drug-likeness (QED) is 0.764. The van der Waals surface area contributed by atoms with Crippen molar-refractivity contribution >= 4 is 21.8 Å². The Morgan fingerprint density at radius 1 is 1.17 bits per heavy atom. The molecule has 2 aromatic carbocycles. The van der Waals surface area contributed by atoms with E-state index in [0.29, 0.717) is 17.9 Å². The van der Waals surface area contributed by atoms with Crippen molar-refractivity contribution in [2.45, 2.75) is 6.54 Å². The molecule has 0 radical (unpaired) electrons. The Hall–Kier alpha value is -2.54. The van der Waals surface area contributed by atoms with E-state index in [1.807, 2.05) is 36.4 Å². The van der Waals surface area contributed by atoms with Gasteiger partial charge in [-0.1, -0.05) is 46.3 Å². The molecule has 23 heavy (non-hydrogen) atoms. The van der Waals surface area contributed by atoms with Crippen LogP contribution in [0.15, 0.2) is 53.0 Å². The van der Waals surface area contributed by atoms with Gasteiger partial charge in [-0.2, -0.15) is 5.21 Å². The maximum Gasteiger partial charge on any atom is 0.253 e. The molecule has 0 aliphatic rings. The van der Waals surface area contributed by atoms with E-state index in [4.69, 9.17) is 0 Å². The largest absolute Gasteiger partial charge is 0.337 e. The first-order valence-corrected chi connectivity index (χ1v) is 7.77. The van der Waals surface area contributed by atoms with Crippen LogP contribution in [0.3, 0.4) is 0 Å². The average Bonchev–Trinajstić information content (AvgIpc) is 3.11. The number of nitrogens with one attached hydrogen (secondary N) is 1. The molecule has 0 spiro atoms. The number of amides is 1. The molecule has 0 aliphatic carbocycles. The van der Waals surface area contributed by atoms with E-state index in [2.05, 4.69) is 36.6 Å². The fourth-order valence-corrected chi connectivity index (χ4v) is 2.63. The summed E-state index contributed by atoms with van der Waals surface area (Å²) in [6.07, 6.45) is 0. The van der Waals surface area contributed by atoms with Crippen LogP contribution in [0.2, 0.25) is 0 Å². The van der Waals surface area contributed by atoms with E-state index in [1.54, 1.807) is 24.1 Å². The van der Waals surface area contributed by atoms with Gasteiger partial charge in [-0.15, -0.1) is 10.2 Å². The number of aromatic amines is 1. The van der Waals surface area contributed by atoms with Gasteiger partial charge in [0.05, 0.1) is 0 Å². The van der Waals surface area contributed by atoms with Crippen LogP contribution in [-0.4, -0.2) is 38.5 Å². The predicted molar refractivity (Wildman–Crippen MR) is 89.6 cm³/mol. The van der Waals surface area contributed by atoms with Crippen LogP contribution in [0, 0.1) is 0 Å². The Balaban J connectivity index is 1.73. The van der Waals surface area contributed by atoms with Gasteiger partial charge in [0, 0.05) is 29.2 Å². The Morgan fingerprint density at radius 2 is 1.91 bits per heavy atom. The highest BCUT2D eigenvalue weighted by atomic mass is 79.9. The SMILES string of the molecule is CN(Cc1ccccc1Br)C(=O)c1ccc(-c2nn[nH]n2)cc1. The number of carbonyl (C=O) groups excluding carboxylic acids is 1. The third kappa shape index (κ3) is 3.45. The summed E-state index contributed by atoms with van der Waals surface area (Å²) in [4.78, 5) is 14.2. The molecule has 0 saturated carbocycles. The predicted octanol–water partition coefficient (Wildman–Crippen LogP) is 2.90. The van der Waals surface area contributed by atoms with Crippen molar-refractivity contribution in [3.05, 3.63) is 64.1 Å². The molecule has 116 valence electrons. The van der Waals surface area contributed by atoms with Gasteiger partial charge in [-0.3, -0.25) is 4.79 Å². The lowest BCUT2D eigenvalue weighted by Gasteiger charge is -2.18. The molecule has 7 heteroatoms. The first kappa shape index (κ1) is 15.4. The zero-order valence-electron chi connectivity index (χ0n) is 12.4. The van der Waals surface area contributed by atoms with Crippen molar-refractivity contribution in [2.24, 2.45) is 0 Å². The normalized spacial score (nSPS) is 10.5. The van der Waals surface area contributed by atoms with Gasteiger partial charge in [0.25, 0.3) is 5.91 Å². The van der Waals surface area contributed by atoms with Crippen molar-refractivity contribution in [1.82, 2.24) is 25.5 Å². The molecule has 1 amide bonds. The number of hydrogen-bond acceptors (Lipinski definition) is 4. The molecule has 0 saturated heterocycles. The molecule has 1 aromatic heterocycles. The van der Waals surface area contributed by atoms with E-state index < -0.39 is 0 Å². The maximum atomic E-state index is 12.5. The summed E-state index contributed by atoms with van der Waals surface area (Å²) in [6.45, 7) is 0.535. The van der Waals surface area contributed by atoms with Crippen LogP contribution in [0.1, 0.15) is 15.9 Å². The van der Waals surface area contributed by atoms with Gasteiger partial charge in [-0.05, 0) is 29.0 Å². The van der Waals surface area contributed by atoms with Crippen molar-refractivity contribution in [3.8, 4) is 11.4 Å². The maximum absolute atomic E-state index is 12.5. The summed E-state index contributed by atoms with van der Waals surface area (Å²) >= 11 is 3.50. The molecule has 3 aromatic rings. The van der Waals surface area contributed by atoms with Gasteiger partial charge in [0.15, 0.2) is 0 Å². The molecule has 0 bridgehead atoms. The second-order valence-electron chi connectivity index (χ2n) is 5.07. The molecular weight excluding hydrogens is 358 g/mol. The van der Waals surface area contributed by atoms with E-state index in [1.165, 1.54) is 0 Å². The van der Waals surface area contributed by atoms with Gasteiger partial charge in [0.1, 0.15) is 0 Å². The van der Waals surface area contributed by atoms with E-state index in [0.717, 1.165) is 15.6 Å². The van der Waals surface area contributed by atoms with Crippen LogP contribution in [-0.2, 0) is 6.54 Å². The minimum Gasteiger partial charge on any atom is -0.337 e. The number of rotatable bonds is 4. The van der Waals surface area contributed by atoms with Gasteiger partial charge in [-0.25, -0.2) is 0 Å². The summed E-state index contributed by atoms with van der Waals surface area (Å²) in [5, 5.41) is 13.8. The Kier molecular flexibility index (Phi) is 4.47. The summed E-state index contributed by atoms with van der Waals surface area (Å²) < 4.78 is 0.993. The highest BCUT2D eigenvalue weighted by Crippen LogP contribution is 2.19. The number of nitrogens with zero attached hydrogens (tertiary/aromatic N) is 4. The lowest BCUT2D eigenvalue weighted by Crippen LogP contribution is -2.26. The first-order valence-electron chi connectivity index (χ1n) is 6.98. The van der Waals surface area contributed by atoms with E-state index >= 15 is 0 Å². The van der Waals surface area contributed by atoms with Crippen molar-refractivity contribution in [2.75, 3.05) is 7.05 Å². The number of benzene rings is 2. The van der Waals surface area contributed by atoms with E-state index in [-0.39, 0.29) is 5.91 Å². The van der Waals surface area contributed by atoms with Crippen molar-refractivity contribution < 1.29 is 4.79 Å². The van der Waals surface area contributed by atoms with Crippen LogP contribution in [0.25, 0.3) is 11.4 Å². The third-order valence-electron chi connectivity index (χ3n) is 3.45. The number of hydrogen-bond donors (Lipinski definition) is 1. The smallest absolute Gasteiger partial charge is 0.253 e. The fourth-order valence-electron chi connectivity index (χ4n) is 2.22. The summed E-state index contributed by atoms with van der Waals surface area (Å²) in [5.74, 6) is 0.464. The van der Waals surface area contributed by atoms with Crippen molar-refractivity contribution in [3.63, 3.8) is 0 Å². The zero-order chi connectivity index (χ0) is 16.2. The van der Waals surface area contributed by atoms with Crippen LogP contribution < -0.4 is 0 Å². The number of H-pyrrole nitrogens is 1. The highest BCUT2D eigenvalue weighted by Gasteiger charge is 2.13. The summed E-state index contributed by atoms with van der Waals surface area (Å²) in [6, 6.07) is 15.0. The molecule has 0 unspecified atom stereocenters. The minimum absolute atomic E-state index is 0.0413. The Labute approximate surface area is 141 Å². The molecule has 0 atom stereocenters. The highest BCUT2D eigenvalue weighted by molar-refractivity contribution is 9.10. The standard InChI is InChI=1S/C16H14BrN5O/c1-22(10-13-4-2-3-5-14(13)17)16(23)12-8-6-11(7-9-12)15-18-20-21-19-15/h2-9H,10H2,1H3,(H,18,19,20,21). The molecule has 1 heterocycles. The van der Waals surface area contributed by atoms with Crippen LogP contribution in [0.4, 0.5) is 0 Å². The Bertz CT molecular complexity index is 802. The first-order chi connectivity index (χ1) is 11.1. The van der Waals surface area contributed by atoms with E-state index in [9.17, 15) is 4.79 Å². The Morgan fingerprint density at radius 3 is 2.57 bits per heavy atom. The number of aromatic nitrogens is 4. The van der Waals surface area contributed by atoms with Gasteiger partial charge < -0.3 is 4.90 Å². The molecule has 3 rings (SSSR count). The summed E-state index contributed by atoms with van der Waals surface area (Å²) in [5.41, 5.74) is 2.49. The molecule has 6 nitrogen and oxygen atoms in total. The van der Waals surface area contributed by atoms with Gasteiger partial charge in [0.2, 0.25) is 5.82 Å².